The van der Waals surface area contributed by atoms with Gasteiger partial charge in [0.2, 0.25) is 5.91 Å². The van der Waals surface area contributed by atoms with E-state index in [1.165, 1.54) is 0 Å². The van der Waals surface area contributed by atoms with Crippen LogP contribution in [0.5, 0.6) is 0 Å². The Morgan fingerprint density at radius 2 is 1.85 bits per heavy atom. The maximum absolute atomic E-state index is 13.1. The maximum Gasteiger partial charge on any atom is 0.258 e. The van der Waals surface area contributed by atoms with Gasteiger partial charge in [0, 0.05) is 36.8 Å². The molecule has 174 valence electrons. The third kappa shape index (κ3) is 4.95. The number of carbonyl (C=O) groups is 2. The van der Waals surface area contributed by atoms with Gasteiger partial charge in [0.1, 0.15) is 0 Å². The molecule has 4 rings (SSSR count). The van der Waals surface area contributed by atoms with Crippen LogP contribution in [-0.4, -0.2) is 48.9 Å². The van der Waals surface area contributed by atoms with Crippen LogP contribution in [0, 0.1) is 0 Å². The van der Waals surface area contributed by atoms with Gasteiger partial charge in [0.15, 0.2) is 0 Å². The topological polar surface area (TPSA) is 77.6 Å². The Balaban J connectivity index is 1.85. The van der Waals surface area contributed by atoms with Gasteiger partial charge in [-0.1, -0.05) is 48.0 Å². The zero-order valence-electron chi connectivity index (χ0n) is 19.3. The first-order valence-corrected chi connectivity index (χ1v) is 11.3. The minimum Gasteiger partial charge on any atom is -0.351 e. The normalized spacial score (nSPS) is 14.0. The van der Waals surface area contributed by atoms with Crippen LogP contribution >= 0.6 is 11.6 Å². The van der Waals surface area contributed by atoms with Crippen molar-refractivity contribution < 1.29 is 9.59 Å². The minimum absolute atomic E-state index is 0.0800. The zero-order valence-corrected chi connectivity index (χ0v) is 20.1. The highest BCUT2D eigenvalue weighted by Crippen LogP contribution is 2.39. The van der Waals surface area contributed by atoms with E-state index in [0.29, 0.717) is 46.4 Å². The fourth-order valence-corrected chi connectivity index (χ4v) is 4.05. The maximum atomic E-state index is 13.1. The Hall–Kier alpha value is -3.68. The number of halogens is 1. The molecule has 0 spiro atoms. The first kappa shape index (κ1) is 23.5. The van der Waals surface area contributed by atoms with E-state index in [-0.39, 0.29) is 11.8 Å². The summed E-state index contributed by atoms with van der Waals surface area (Å²) >= 11 is 6.15. The van der Waals surface area contributed by atoms with Gasteiger partial charge in [0.05, 0.1) is 34.5 Å². The molecular weight excluding hydrogens is 450 g/mol. The van der Waals surface area contributed by atoms with Crippen LogP contribution in [0.3, 0.4) is 0 Å². The molecule has 0 unspecified atom stereocenters. The number of nitrogens with one attached hydrogen (secondary N) is 2. The van der Waals surface area contributed by atoms with Gasteiger partial charge >= 0.3 is 0 Å². The first-order valence-electron chi connectivity index (χ1n) is 10.9. The predicted molar refractivity (Wildman–Crippen MR) is 138 cm³/mol. The molecule has 0 saturated carbocycles. The number of carbonyl (C=O) groups excluding carboxylic acids is 2. The molecule has 7 nitrogen and oxygen atoms in total. The molecule has 2 aromatic carbocycles. The highest BCUT2D eigenvalue weighted by Gasteiger charge is 2.29. The highest BCUT2D eigenvalue weighted by atomic mass is 35.5. The number of likely N-dealkylation sites (N-methyl/N-ethyl adjacent to an activating group) is 1. The number of rotatable bonds is 7. The van der Waals surface area contributed by atoms with E-state index in [0.717, 1.165) is 11.1 Å². The molecular formula is C26H26ClN5O2. The molecule has 1 aliphatic rings. The Labute approximate surface area is 204 Å². The van der Waals surface area contributed by atoms with Crippen molar-refractivity contribution in [3.63, 3.8) is 0 Å². The third-order valence-corrected chi connectivity index (χ3v) is 5.77. The smallest absolute Gasteiger partial charge is 0.258 e. The monoisotopic (exact) mass is 475 g/mol. The standard InChI is InChI=1S/C26H26ClN5O2/c1-17(33)32(14-13-31(2)3)23-11-12-28-16-22(23)29-25(18-7-5-4-6-8-18)24-20-10-9-19(27)15-21(20)30-26(24)34/h4-12,15-16,29H,13-14H2,1-3H3,(H,30,34)/b25-24-. The number of nitrogens with zero attached hydrogens (tertiary/aromatic N) is 3. The second-order valence-corrected chi connectivity index (χ2v) is 8.69. The van der Waals surface area contributed by atoms with Crippen LogP contribution < -0.4 is 15.5 Å². The van der Waals surface area contributed by atoms with Crippen molar-refractivity contribution in [3.8, 4) is 0 Å². The number of hydrogen-bond donors (Lipinski definition) is 2. The summed E-state index contributed by atoms with van der Waals surface area (Å²) in [5, 5.41) is 6.88. The molecule has 3 aromatic rings. The van der Waals surface area contributed by atoms with Crippen LogP contribution in [-0.2, 0) is 9.59 Å². The Morgan fingerprint density at radius 1 is 1.09 bits per heavy atom. The molecule has 34 heavy (non-hydrogen) atoms. The summed E-state index contributed by atoms with van der Waals surface area (Å²) < 4.78 is 0. The van der Waals surface area contributed by atoms with Crippen LogP contribution in [0.25, 0.3) is 11.3 Å². The molecule has 0 atom stereocenters. The largest absolute Gasteiger partial charge is 0.351 e. The Kier molecular flexibility index (Phi) is 6.95. The summed E-state index contributed by atoms with van der Waals surface area (Å²) in [5.41, 5.74) is 4.66. The molecule has 0 radical (unpaired) electrons. The van der Waals surface area contributed by atoms with Crippen molar-refractivity contribution >= 4 is 51.7 Å². The first-order chi connectivity index (χ1) is 16.3. The molecule has 0 fully saturated rings. The molecule has 2 amide bonds. The Bertz CT molecular complexity index is 1260. The minimum atomic E-state index is -0.231. The number of pyridine rings is 1. The molecule has 2 heterocycles. The van der Waals surface area contributed by atoms with E-state index in [1.54, 1.807) is 42.4 Å². The van der Waals surface area contributed by atoms with Crippen LogP contribution in [0.15, 0.2) is 67.0 Å². The van der Waals surface area contributed by atoms with E-state index in [4.69, 9.17) is 11.6 Å². The number of anilines is 3. The summed E-state index contributed by atoms with van der Waals surface area (Å²) in [5.74, 6) is -0.311. The van der Waals surface area contributed by atoms with E-state index >= 15 is 0 Å². The van der Waals surface area contributed by atoms with Crippen molar-refractivity contribution in [2.45, 2.75) is 6.92 Å². The third-order valence-electron chi connectivity index (χ3n) is 5.54. The second-order valence-electron chi connectivity index (χ2n) is 8.25. The van der Waals surface area contributed by atoms with Gasteiger partial charge in [-0.3, -0.25) is 14.6 Å². The molecule has 0 saturated heterocycles. The van der Waals surface area contributed by atoms with E-state index in [1.807, 2.05) is 55.4 Å². The van der Waals surface area contributed by atoms with Gasteiger partial charge in [-0.2, -0.15) is 0 Å². The fraction of sp³-hybridized carbons (Fsp3) is 0.192. The lowest BCUT2D eigenvalue weighted by Gasteiger charge is -2.26. The van der Waals surface area contributed by atoms with Crippen molar-refractivity contribution in [1.29, 1.82) is 0 Å². The lowest BCUT2D eigenvalue weighted by Crippen LogP contribution is -2.35. The SMILES string of the molecule is CC(=O)N(CCN(C)C)c1ccncc1N/C(=C1\C(=O)Nc2cc(Cl)ccc21)c1ccccc1. The van der Waals surface area contributed by atoms with Crippen molar-refractivity contribution in [1.82, 2.24) is 9.88 Å². The predicted octanol–water partition coefficient (Wildman–Crippen LogP) is 4.58. The summed E-state index contributed by atoms with van der Waals surface area (Å²) in [6.45, 7) is 2.76. The molecule has 0 aliphatic carbocycles. The lowest BCUT2D eigenvalue weighted by molar-refractivity contribution is -0.116. The summed E-state index contributed by atoms with van der Waals surface area (Å²) in [4.78, 5) is 33.7. The van der Waals surface area contributed by atoms with E-state index in [2.05, 4.69) is 15.6 Å². The molecule has 0 bridgehead atoms. The van der Waals surface area contributed by atoms with Crippen LogP contribution in [0.2, 0.25) is 5.02 Å². The highest BCUT2D eigenvalue weighted by molar-refractivity contribution is 6.38. The van der Waals surface area contributed by atoms with Gasteiger partial charge in [-0.15, -0.1) is 0 Å². The number of amides is 2. The summed E-state index contributed by atoms with van der Waals surface area (Å²) in [6, 6.07) is 16.7. The van der Waals surface area contributed by atoms with Crippen molar-refractivity contribution in [2.24, 2.45) is 0 Å². The fourth-order valence-electron chi connectivity index (χ4n) is 3.88. The summed E-state index contributed by atoms with van der Waals surface area (Å²) in [7, 11) is 3.93. The second kappa shape index (κ2) is 10.1. The number of fused-ring (bicyclic) bond motifs is 1. The number of aromatic nitrogens is 1. The van der Waals surface area contributed by atoms with Gasteiger partial charge < -0.3 is 20.4 Å². The average molecular weight is 476 g/mol. The molecule has 2 N–H and O–H groups in total. The Morgan fingerprint density at radius 3 is 2.56 bits per heavy atom. The van der Waals surface area contributed by atoms with Gasteiger partial charge in [-0.05, 0) is 37.9 Å². The zero-order chi connectivity index (χ0) is 24.2. The van der Waals surface area contributed by atoms with Gasteiger partial charge in [-0.25, -0.2) is 0 Å². The quantitative estimate of drug-likeness (QED) is 0.489. The van der Waals surface area contributed by atoms with Gasteiger partial charge in [0.25, 0.3) is 5.91 Å². The molecule has 1 aliphatic heterocycles. The molecule has 1 aromatic heterocycles. The van der Waals surface area contributed by atoms with E-state index in [9.17, 15) is 9.59 Å². The molecule has 8 heteroatoms. The number of benzene rings is 2. The van der Waals surface area contributed by atoms with Crippen LogP contribution in [0.4, 0.5) is 17.1 Å². The van der Waals surface area contributed by atoms with Crippen molar-refractivity contribution in [2.75, 3.05) is 42.7 Å². The van der Waals surface area contributed by atoms with E-state index < -0.39 is 0 Å². The summed E-state index contributed by atoms with van der Waals surface area (Å²) in [6.07, 6.45) is 3.32. The van der Waals surface area contributed by atoms with Crippen molar-refractivity contribution in [3.05, 3.63) is 83.1 Å². The number of hydrogen-bond acceptors (Lipinski definition) is 5. The van der Waals surface area contributed by atoms with Crippen LogP contribution in [0.1, 0.15) is 18.1 Å². The average Bonchev–Trinajstić information content (AvgIpc) is 3.13. The lowest BCUT2D eigenvalue weighted by atomic mass is 10.00.